The Labute approximate surface area is 138 Å². The molecule has 0 atom stereocenters. The molecule has 0 aliphatic rings. The SMILES string of the molecule is O=C(CNC(=O)c1ccccc1F)NNC(=O)Cc1ccccc1. The van der Waals surface area contributed by atoms with E-state index in [1.54, 1.807) is 24.3 Å². The van der Waals surface area contributed by atoms with Gasteiger partial charge in [0.15, 0.2) is 0 Å². The number of hydrogen-bond donors (Lipinski definition) is 3. The number of carbonyl (C=O) groups is 3. The molecule has 0 aliphatic carbocycles. The summed E-state index contributed by atoms with van der Waals surface area (Å²) in [4.78, 5) is 35.0. The van der Waals surface area contributed by atoms with Crippen LogP contribution in [0, 0.1) is 5.82 Å². The normalized spacial score (nSPS) is 9.88. The van der Waals surface area contributed by atoms with E-state index in [-0.39, 0.29) is 12.0 Å². The van der Waals surface area contributed by atoms with Crippen molar-refractivity contribution in [3.8, 4) is 0 Å². The molecule has 0 aliphatic heterocycles. The fraction of sp³-hybridized carbons (Fsp3) is 0.118. The number of rotatable bonds is 5. The second-order valence-electron chi connectivity index (χ2n) is 4.92. The summed E-state index contributed by atoms with van der Waals surface area (Å²) in [7, 11) is 0. The van der Waals surface area contributed by atoms with Crippen LogP contribution in [0.2, 0.25) is 0 Å². The van der Waals surface area contributed by atoms with Crippen LogP contribution in [0.25, 0.3) is 0 Å². The van der Waals surface area contributed by atoms with Crippen LogP contribution < -0.4 is 16.2 Å². The average Bonchev–Trinajstić information content (AvgIpc) is 2.59. The zero-order chi connectivity index (χ0) is 17.4. The first-order valence-corrected chi connectivity index (χ1v) is 7.20. The maximum atomic E-state index is 13.4. The second-order valence-corrected chi connectivity index (χ2v) is 4.92. The molecule has 0 unspecified atom stereocenters. The Morgan fingerprint density at radius 2 is 1.46 bits per heavy atom. The van der Waals surface area contributed by atoms with E-state index < -0.39 is 30.1 Å². The van der Waals surface area contributed by atoms with Crippen molar-refractivity contribution in [1.29, 1.82) is 0 Å². The van der Waals surface area contributed by atoms with Crippen LogP contribution in [0.1, 0.15) is 15.9 Å². The van der Waals surface area contributed by atoms with Gasteiger partial charge in [-0.15, -0.1) is 0 Å². The highest BCUT2D eigenvalue weighted by Gasteiger charge is 2.12. The Kier molecular flexibility index (Phi) is 6.01. The molecule has 6 nitrogen and oxygen atoms in total. The van der Waals surface area contributed by atoms with Gasteiger partial charge in [0.2, 0.25) is 5.91 Å². The van der Waals surface area contributed by atoms with Crippen LogP contribution in [0.3, 0.4) is 0 Å². The Morgan fingerprint density at radius 1 is 0.833 bits per heavy atom. The minimum Gasteiger partial charge on any atom is -0.343 e. The molecule has 7 heteroatoms. The summed E-state index contributed by atoms with van der Waals surface area (Å²) >= 11 is 0. The first-order valence-electron chi connectivity index (χ1n) is 7.20. The van der Waals surface area contributed by atoms with E-state index in [0.29, 0.717) is 0 Å². The van der Waals surface area contributed by atoms with Gasteiger partial charge in [0.1, 0.15) is 5.82 Å². The largest absolute Gasteiger partial charge is 0.343 e. The highest BCUT2D eigenvalue weighted by molar-refractivity contribution is 5.96. The molecule has 0 spiro atoms. The zero-order valence-electron chi connectivity index (χ0n) is 12.7. The third-order valence-electron chi connectivity index (χ3n) is 3.08. The first kappa shape index (κ1) is 17.1. The lowest BCUT2D eigenvalue weighted by molar-refractivity contribution is -0.128. The Bertz CT molecular complexity index is 735. The van der Waals surface area contributed by atoms with Crippen molar-refractivity contribution >= 4 is 17.7 Å². The van der Waals surface area contributed by atoms with Crippen molar-refractivity contribution < 1.29 is 18.8 Å². The molecule has 24 heavy (non-hydrogen) atoms. The van der Waals surface area contributed by atoms with Crippen LogP contribution in [0.15, 0.2) is 54.6 Å². The van der Waals surface area contributed by atoms with Gasteiger partial charge in [-0.1, -0.05) is 42.5 Å². The third-order valence-corrected chi connectivity index (χ3v) is 3.08. The summed E-state index contributed by atoms with van der Waals surface area (Å²) in [5.74, 6) is -2.40. The van der Waals surface area contributed by atoms with E-state index in [4.69, 9.17) is 0 Å². The summed E-state index contributed by atoms with van der Waals surface area (Å²) in [5.41, 5.74) is 5.07. The van der Waals surface area contributed by atoms with Gasteiger partial charge in [0, 0.05) is 0 Å². The summed E-state index contributed by atoms with van der Waals surface area (Å²) in [5, 5.41) is 2.27. The fourth-order valence-corrected chi connectivity index (χ4v) is 1.91. The van der Waals surface area contributed by atoms with E-state index >= 15 is 0 Å². The summed E-state index contributed by atoms with van der Waals surface area (Å²) in [6.45, 7) is -0.390. The van der Waals surface area contributed by atoms with Crippen molar-refractivity contribution in [3.05, 3.63) is 71.5 Å². The number of halogens is 1. The molecule has 2 rings (SSSR count). The van der Waals surface area contributed by atoms with Gasteiger partial charge in [-0.25, -0.2) is 4.39 Å². The lowest BCUT2D eigenvalue weighted by atomic mass is 10.1. The summed E-state index contributed by atoms with van der Waals surface area (Å²) in [6, 6.07) is 14.5. The molecule has 0 aromatic heterocycles. The lowest BCUT2D eigenvalue weighted by Crippen LogP contribution is -2.46. The van der Waals surface area contributed by atoms with Crippen LogP contribution in [0.5, 0.6) is 0 Å². The van der Waals surface area contributed by atoms with Gasteiger partial charge in [-0.3, -0.25) is 25.2 Å². The molecule has 3 N–H and O–H groups in total. The highest BCUT2D eigenvalue weighted by Crippen LogP contribution is 2.05. The lowest BCUT2D eigenvalue weighted by Gasteiger charge is -2.09. The van der Waals surface area contributed by atoms with Gasteiger partial charge < -0.3 is 5.32 Å². The van der Waals surface area contributed by atoms with Crippen LogP contribution >= 0.6 is 0 Å². The Balaban J connectivity index is 1.72. The minimum atomic E-state index is -0.709. The quantitative estimate of drug-likeness (QED) is 0.714. The monoisotopic (exact) mass is 329 g/mol. The van der Waals surface area contributed by atoms with Crippen molar-refractivity contribution in [3.63, 3.8) is 0 Å². The maximum Gasteiger partial charge on any atom is 0.257 e. The second kappa shape index (κ2) is 8.42. The predicted octanol–water partition coefficient (Wildman–Crippen LogP) is 0.946. The van der Waals surface area contributed by atoms with E-state index in [1.807, 2.05) is 6.07 Å². The molecule has 0 radical (unpaired) electrons. The van der Waals surface area contributed by atoms with Crippen molar-refractivity contribution in [1.82, 2.24) is 16.2 Å². The number of amides is 3. The smallest absolute Gasteiger partial charge is 0.257 e. The Morgan fingerprint density at radius 3 is 2.17 bits per heavy atom. The van der Waals surface area contributed by atoms with Crippen molar-refractivity contribution in [2.24, 2.45) is 0 Å². The van der Waals surface area contributed by atoms with Crippen LogP contribution in [-0.2, 0) is 16.0 Å². The van der Waals surface area contributed by atoms with Crippen molar-refractivity contribution in [2.45, 2.75) is 6.42 Å². The minimum absolute atomic E-state index is 0.114. The molecule has 3 amide bonds. The van der Waals surface area contributed by atoms with E-state index in [2.05, 4.69) is 16.2 Å². The van der Waals surface area contributed by atoms with Gasteiger partial charge >= 0.3 is 0 Å². The molecule has 0 saturated carbocycles. The first-order chi connectivity index (χ1) is 11.6. The van der Waals surface area contributed by atoms with Crippen LogP contribution in [-0.4, -0.2) is 24.3 Å². The van der Waals surface area contributed by atoms with Gasteiger partial charge in [-0.2, -0.15) is 0 Å². The van der Waals surface area contributed by atoms with Crippen molar-refractivity contribution in [2.75, 3.05) is 6.54 Å². The maximum absolute atomic E-state index is 13.4. The Hall–Kier alpha value is -3.22. The van der Waals surface area contributed by atoms with Gasteiger partial charge in [-0.05, 0) is 17.7 Å². The molecule has 0 heterocycles. The number of hydrazine groups is 1. The average molecular weight is 329 g/mol. The molecule has 124 valence electrons. The molecular weight excluding hydrogens is 313 g/mol. The van der Waals surface area contributed by atoms with Crippen LogP contribution in [0.4, 0.5) is 4.39 Å². The standard InChI is InChI=1S/C17H16FN3O3/c18-14-9-5-4-8-13(14)17(24)19-11-16(23)21-20-15(22)10-12-6-2-1-3-7-12/h1-9H,10-11H2,(H,19,24)(H,20,22)(H,21,23). The van der Waals surface area contributed by atoms with E-state index in [9.17, 15) is 18.8 Å². The molecule has 0 fully saturated rings. The summed E-state index contributed by atoms with van der Waals surface area (Å²) in [6.07, 6.45) is 0.114. The molecule has 0 saturated heterocycles. The molecular formula is C17H16FN3O3. The van der Waals surface area contributed by atoms with E-state index in [1.165, 1.54) is 18.2 Å². The molecule has 0 bridgehead atoms. The topological polar surface area (TPSA) is 87.3 Å². The zero-order valence-corrected chi connectivity index (χ0v) is 12.7. The van der Waals surface area contributed by atoms with E-state index in [0.717, 1.165) is 11.6 Å². The fourth-order valence-electron chi connectivity index (χ4n) is 1.91. The number of carbonyl (C=O) groups excluding carboxylic acids is 3. The number of benzene rings is 2. The predicted molar refractivity (Wildman–Crippen MR) is 85.2 cm³/mol. The highest BCUT2D eigenvalue weighted by atomic mass is 19.1. The number of nitrogens with one attached hydrogen (secondary N) is 3. The molecule has 2 aromatic rings. The van der Waals surface area contributed by atoms with Gasteiger partial charge in [0.25, 0.3) is 11.8 Å². The third kappa shape index (κ3) is 5.20. The summed E-state index contributed by atoms with van der Waals surface area (Å²) < 4.78 is 13.4. The number of hydrogen-bond acceptors (Lipinski definition) is 3. The molecule has 2 aromatic carbocycles. The van der Waals surface area contributed by atoms with Gasteiger partial charge in [0.05, 0.1) is 18.5 Å².